The maximum absolute atomic E-state index is 12.8. The lowest BCUT2D eigenvalue weighted by atomic mass is 10.1. The van der Waals surface area contributed by atoms with Gasteiger partial charge in [-0.05, 0) is 12.1 Å². The molecule has 1 aromatic carbocycles. The molecule has 1 aromatic heterocycles. The smallest absolute Gasteiger partial charge is 0.417 e. The highest BCUT2D eigenvalue weighted by molar-refractivity contribution is 6.34. The number of aromatic nitrogens is 3. The summed E-state index contributed by atoms with van der Waals surface area (Å²) in [6.45, 7) is 0. The van der Waals surface area contributed by atoms with Gasteiger partial charge in [-0.25, -0.2) is 4.79 Å². The average molecular weight is 292 g/mol. The fraction of sp³-hybridized carbons (Fsp3) is 0.100. The fourth-order valence-electron chi connectivity index (χ4n) is 1.52. The molecule has 9 heteroatoms. The average Bonchev–Trinajstić information content (AvgIpc) is 2.79. The van der Waals surface area contributed by atoms with Crippen molar-refractivity contribution in [3.05, 3.63) is 40.9 Å². The van der Waals surface area contributed by atoms with E-state index in [1.165, 1.54) is 17.2 Å². The first-order valence-electron chi connectivity index (χ1n) is 4.79. The second-order valence-corrected chi connectivity index (χ2v) is 3.93. The molecule has 1 heterocycles. The van der Waals surface area contributed by atoms with Crippen LogP contribution in [0.2, 0.25) is 5.02 Å². The summed E-state index contributed by atoms with van der Waals surface area (Å²) in [4.78, 5) is 10.9. The molecule has 0 amide bonds. The molecule has 0 spiro atoms. The van der Waals surface area contributed by atoms with Crippen LogP contribution in [0.4, 0.5) is 13.2 Å². The van der Waals surface area contributed by atoms with Crippen molar-refractivity contribution in [2.75, 3.05) is 0 Å². The van der Waals surface area contributed by atoms with Crippen LogP contribution in [0.1, 0.15) is 15.9 Å². The van der Waals surface area contributed by atoms with E-state index in [1.54, 1.807) is 0 Å². The number of hydrogen-bond acceptors (Lipinski definition) is 3. The number of hydrogen-bond donors (Lipinski definition) is 1. The monoisotopic (exact) mass is 291 g/mol. The van der Waals surface area contributed by atoms with Gasteiger partial charge in [-0.1, -0.05) is 11.6 Å². The van der Waals surface area contributed by atoms with E-state index in [0.717, 1.165) is 6.07 Å². The van der Waals surface area contributed by atoms with Crippen molar-refractivity contribution in [2.45, 2.75) is 6.18 Å². The highest BCUT2D eigenvalue weighted by Gasteiger charge is 2.37. The Bertz CT molecular complexity index is 626. The summed E-state index contributed by atoms with van der Waals surface area (Å²) in [5.74, 6) is -1.74. The minimum absolute atomic E-state index is 0.0207. The Labute approximate surface area is 109 Å². The van der Waals surface area contributed by atoms with Crippen LogP contribution < -0.4 is 0 Å². The lowest BCUT2D eigenvalue weighted by Gasteiger charge is -2.13. The molecule has 0 unspecified atom stereocenters. The standard InChI is InChI=1S/C10H5ClF3N3O2/c11-7-2-5(17-3-15-16-4-17)1-6(10(12,13)14)8(7)9(18)19/h1-4H,(H,18,19). The van der Waals surface area contributed by atoms with Crippen molar-refractivity contribution < 1.29 is 23.1 Å². The summed E-state index contributed by atoms with van der Waals surface area (Å²) in [5, 5.41) is 15.2. The van der Waals surface area contributed by atoms with Gasteiger partial charge in [-0.15, -0.1) is 10.2 Å². The van der Waals surface area contributed by atoms with E-state index in [9.17, 15) is 18.0 Å². The predicted molar refractivity (Wildman–Crippen MR) is 58.3 cm³/mol. The van der Waals surface area contributed by atoms with E-state index >= 15 is 0 Å². The Kier molecular flexibility index (Phi) is 3.19. The number of benzene rings is 1. The van der Waals surface area contributed by atoms with E-state index in [1.807, 2.05) is 0 Å². The van der Waals surface area contributed by atoms with Crippen molar-refractivity contribution in [1.82, 2.24) is 14.8 Å². The lowest BCUT2D eigenvalue weighted by Crippen LogP contribution is -2.14. The van der Waals surface area contributed by atoms with Gasteiger partial charge < -0.3 is 5.11 Å². The molecule has 0 aliphatic carbocycles. The molecule has 2 aromatic rings. The highest BCUT2D eigenvalue weighted by Crippen LogP contribution is 2.36. The topological polar surface area (TPSA) is 68.0 Å². The SMILES string of the molecule is O=C(O)c1c(Cl)cc(-n2cnnc2)cc1C(F)(F)F. The van der Waals surface area contributed by atoms with E-state index in [2.05, 4.69) is 10.2 Å². The van der Waals surface area contributed by atoms with Gasteiger partial charge >= 0.3 is 12.1 Å². The molecule has 0 bridgehead atoms. The van der Waals surface area contributed by atoms with E-state index in [-0.39, 0.29) is 5.69 Å². The number of nitrogens with zero attached hydrogens (tertiary/aromatic N) is 3. The maximum atomic E-state index is 12.8. The quantitative estimate of drug-likeness (QED) is 0.923. The summed E-state index contributed by atoms with van der Waals surface area (Å²) in [7, 11) is 0. The third-order valence-electron chi connectivity index (χ3n) is 2.31. The van der Waals surface area contributed by atoms with Crippen LogP contribution in [0.5, 0.6) is 0 Å². The predicted octanol–water partition coefficient (Wildman–Crippen LogP) is 2.64. The number of carboxylic acid groups (broad SMARTS) is 1. The van der Waals surface area contributed by atoms with Gasteiger partial charge in [0, 0.05) is 0 Å². The molecule has 19 heavy (non-hydrogen) atoms. The summed E-state index contributed by atoms with van der Waals surface area (Å²) in [6, 6.07) is 1.78. The van der Waals surface area contributed by atoms with Crippen LogP contribution in [0.15, 0.2) is 24.8 Å². The van der Waals surface area contributed by atoms with Crippen molar-refractivity contribution >= 4 is 17.6 Å². The van der Waals surface area contributed by atoms with Crippen molar-refractivity contribution in [3.8, 4) is 5.69 Å². The largest absolute Gasteiger partial charge is 0.478 e. The van der Waals surface area contributed by atoms with Gasteiger partial charge in [-0.2, -0.15) is 13.2 Å². The normalized spacial score (nSPS) is 11.6. The van der Waals surface area contributed by atoms with Gasteiger partial charge in [0.1, 0.15) is 12.7 Å². The summed E-state index contributed by atoms with van der Waals surface area (Å²) in [6.07, 6.45) is -2.49. The molecule has 100 valence electrons. The summed E-state index contributed by atoms with van der Waals surface area (Å²) >= 11 is 5.62. The van der Waals surface area contributed by atoms with Crippen LogP contribution in [0, 0.1) is 0 Å². The van der Waals surface area contributed by atoms with Gasteiger partial charge in [0.15, 0.2) is 0 Å². The Balaban J connectivity index is 2.71. The van der Waals surface area contributed by atoms with Crippen LogP contribution in [0.3, 0.4) is 0 Å². The van der Waals surface area contributed by atoms with Crippen LogP contribution in [0.25, 0.3) is 5.69 Å². The Morgan fingerprint density at radius 3 is 2.32 bits per heavy atom. The Morgan fingerprint density at radius 1 is 1.26 bits per heavy atom. The van der Waals surface area contributed by atoms with Gasteiger partial charge in [0.2, 0.25) is 0 Å². The minimum Gasteiger partial charge on any atom is -0.478 e. The third-order valence-corrected chi connectivity index (χ3v) is 2.61. The molecule has 0 saturated heterocycles. The molecular weight excluding hydrogens is 287 g/mol. The second-order valence-electron chi connectivity index (χ2n) is 3.52. The van der Waals surface area contributed by atoms with E-state index < -0.39 is 28.3 Å². The zero-order chi connectivity index (χ0) is 14.2. The molecular formula is C10H5ClF3N3O2. The number of aromatic carboxylic acids is 1. The number of carbonyl (C=O) groups is 1. The van der Waals surface area contributed by atoms with Crippen molar-refractivity contribution in [3.63, 3.8) is 0 Å². The third kappa shape index (κ3) is 2.53. The van der Waals surface area contributed by atoms with Crippen molar-refractivity contribution in [2.24, 2.45) is 0 Å². The van der Waals surface area contributed by atoms with Crippen molar-refractivity contribution in [1.29, 1.82) is 0 Å². The fourth-order valence-corrected chi connectivity index (χ4v) is 1.81. The molecule has 0 radical (unpaired) electrons. The van der Waals surface area contributed by atoms with Crippen LogP contribution in [-0.4, -0.2) is 25.8 Å². The second kappa shape index (κ2) is 4.54. The maximum Gasteiger partial charge on any atom is 0.417 e. The number of rotatable bonds is 2. The van der Waals surface area contributed by atoms with Gasteiger partial charge in [-0.3, -0.25) is 4.57 Å². The zero-order valence-electron chi connectivity index (χ0n) is 9.02. The highest BCUT2D eigenvalue weighted by atomic mass is 35.5. The Hall–Kier alpha value is -2.09. The molecule has 2 rings (SSSR count). The number of carboxylic acids is 1. The van der Waals surface area contributed by atoms with Gasteiger partial charge in [0.25, 0.3) is 0 Å². The first-order valence-corrected chi connectivity index (χ1v) is 5.17. The molecule has 0 aliphatic heterocycles. The lowest BCUT2D eigenvalue weighted by molar-refractivity contribution is -0.138. The van der Waals surface area contributed by atoms with E-state index in [0.29, 0.717) is 6.07 Å². The number of halogens is 4. The zero-order valence-corrected chi connectivity index (χ0v) is 9.77. The molecule has 0 aliphatic rings. The first kappa shape index (κ1) is 13.3. The molecule has 0 saturated carbocycles. The van der Waals surface area contributed by atoms with Crippen LogP contribution in [-0.2, 0) is 6.18 Å². The molecule has 5 nitrogen and oxygen atoms in total. The van der Waals surface area contributed by atoms with E-state index in [4.69, 9.17) is 16.7 Å². The first-order chi connectivity index (χ1) is 8.80. The summed E-state index contributed by atoms with van der Waals surface area (Å²) in [5.41, 5.74) is -2.28. The molecule has 0 atom stereocenters. The minimum atomic E-state index is -4.83. The molecule has 0 fully saturated rings. The molecule has 1 N–H and O–H groups in total. The Morgan fingerprint density at radius 2 is 1.84 bits per heavy atom. The summed E-state index contributed by atoms with van der Waals surface area (Å²) < 4.78 is 39.7. The van der Waals surface area contributed by atoms with Gasteiger partial charge in [0.05, 0.1) is 21.8 Å². The number of alkyl halides is 3. The van der Waals surface area contributed by atoms with Crippen LogP contribution >= 0.6 is 11.6 Å².